The van der Waals surface area contributed by atoms with Crippen molar-refractivity contribution in [3.05, 3.63) is 36.7 Å². The van der Waals surface area contributed by atoms with Crippen molar-refractivity contribution < 1.29 is 9.53 Å². The maximum Gasteiger partial charge on any atom is 0.234 e. The van der Waals surface area contributed by atoms with E-state index in [1.807, 2.05) is 22.9 Å². The van der Waals surface area contributed by atoms with Gasteiger partial charge in [0.15, 0.2) is 5.16 Å². The van der Waals surface area contributed by atoms with Crippen LogP contribution in [-0.4, -0.2) is 46.5 Å². The number of thioether (sulfide) groups is 1. The molecule has 1 N–H and O–H groups in total. The SMILES string of the molecule is CCn1ccnc1SCC(=O)Nc1ccc(N2CC(C)OC(C)C2)cc1. The minimum Gasteiger partial charge on any atom is -0.372 e. The Hall–Kier alpha value is -1.99. The van der Waals surface area contributed by atoms with Crippen LogP contribution in [0.5, 0.6) is 0 Å². The zero-order valence-electron chi connectivity index (χ0n) is 15.5. The van der Waals surface area contributed by atoms with Gasteiger partial charge in [-0.05, 0) is 45.0 Å². The van der Waals surface area contributed by atoms with Gasteiger partial charge in [0.2, 0.25) is 5.91 Å². The highest BCUT2D eigenvalue weighted by Gasteiger charge is 2.22. The number of imidazole rings is 1. The van der Waals surface area contributed by atoms with E-state index in [1.165, 1.54) is 11.8 Å². The molecule has 26 heavy (non-hydrogen) atoms. The highest BCUT2D eigenvalue weighted by Crippen LogP contribution is 2.23. The molecule has 0 aliphatic carbocycles. The fourth-order valence-electron chi connectivity index (χ4n) is 3.15. The summed E-state index contributed by atoms with van der Waals surface area (Å²) in [6.07, 6.45) is 4.14. The van der Waals surface area contributed by atoms with Crippen LogP contribution in [0.25, 0.3) is 0 Å². The summed E-state index contributed by atoms with van der Waals surface area (Å²) in [5, 5.41) is 3.82. The van der Waals surface area contributed by atoms with E-state index in [-0.39, 0.29) is 18.1 Å². The Morgan fingerprint density at radius 3 is 2.62 bits per heavy atom. The number of hydrogen-bond donors (Lipinski definition) is 1. The lowest BCUT2D eigenvalue weighted by Gasteiger charge is -2.36. The maximum absolute atomic E-state index is 12.2. The monoisotopic (exact) mass is 374 g/mol. The average Bonchev–Trinajstić information content (AvgIpc) is 3.07. The van der Waals surface area contributed by atoms with E-state index in [2.05, 4.69) is 48.1 Å². The Morgan fingerprint density at radius 2 is 1.96 bits per heavy atom. The van der Waals surface area contributed by atoms with E-state index >= 15 is 0 Å². The second-order valence-corrected chi connectivity index (χ2v) is 7.48. The van der Waals surface area contributed by atoms with Gasteiger partial charge in [-0.3, -0.25) is 4.79 Å². The molecule has 1 aromatic heterocycles. The van der Waals surface area contributed by atoms with Crippen molar-refractivity contribution in [1.82, 2.24) is 9.55 Å². The fourth-order valence-corrected chi connectivity index (χ4v) is 3.97. The first-order valence-corrected chi connectivity index (χ1v) is 9.98. The van der Waals surface area contributed by atoms with Gasteiger partial charge < -0.3 is 19.5 Å². The average molecular weight is 375 g/mol. The first kappa shape index (κ1) is 18.8. The molecule has 0 bridgehead atoms. The van der Waals surface area contributed by atoms with E-state index in [0.29, 0.717) is 5.75 Å². The molecule has 1 saturated heterocycles. The Labute approximate surface area is 158 Å². The van der Waals surface area contributed by atoms with Gasteiger partial charge in [-0.2, -0.15) is 0 Å². The maximum atomic E-state index is 12.2. The van der Waals surface area contributed by atoms with Crippen molar-refractivity contribution in [1.29, 1.82) is 0 Å². The van der Waals surface area contributed by atoms with Crippen LogP contribution in [-0.2, 0) is 16.1 Å². The molecule has 0 spiro atoms. The lowest BCUT2D eigenvalue weighted by Crippen LogP contribution is -2.45. The summed E-state index contributed by atoms with van der Waals surface area (Å²) in [5.41, 5.74) is 1.97. The molecule has 1 fully saturated rings. The number of carbonyl (C=O) groups is 1. The molecular weight excluding hydrogens is 348 g/mol. The van der Waals surface area contributed by atoms with Crippen LogP contribution in [0.1, 0.15) is 20.8 Å². The molecule has 1 amide bonds. The summed E-state index contributed by atoms with van der Waals surface area (Å²) in [7, 11) is 0. The molecule has 2 heterocycles. The van der Waals surface area contributed by atoms with Crippen LogP contribution in [0.4, 0.5) is 11.4 Å². The van der Waals surface area contributed by atoms with Crippen molar-refractivity contribution in [3.8, 4) is 0 Å². The van der Waals surface area contributed by atoms with Gasteiger partial charge >= 0.3 is 0 Å². The summed E-state index contributed by atoms with van der Waals surface area (Å²) in [5.74, 6) is 0.319. The third kappa shape index (κ3) is 4.80. The number of nitrogens with one attached hydrogen (secondary N) is 1. The van der Waals surface area contributed by atoms with E-state index in [4.69, 9.17) is 4.74 Å². The van der Waals surface area contributed by atoms with E-state index < -0.39 is 0 Å². The van der Waals surface area contributed by atoms with Gasteiger partial charge in [0, 0.05) is 43.4 Å². The normalized spacial score (nSPS) is 20.2. The summed E-state index contributed by atoms with van der Waals surface area (Å²) < 4.78 is 7.81. The van der Waals surface area contributed by atoms with Crippen molar-refractivity contribution in [3.63, 3.8) is 0 Å². The van der Waals surface area contributed by atoms with Crippen LogP contribution in [0, 0.1) is 0 Å². The predicted molar refractivity (Wildman–Crippen MR) is 106 cm³/mol. The molecule has 2 aromatic rings. The van der Waals surface area contributed by atoms with Crippen molar-refractivity contribution in [2.75, 3.05) is 29.1 Å². The zero-order chi connectivity index (χ0) is 18.5. The molecule has 0 saturated carbocycles. The minimum atomic E-state index is -0.0259. The van der Waals surface area contributed by atoms with Crippen molar-refractivity contribution in [2.45, 2.75) is 44.7 Å². The molecule has 7 heteroatoms. The number of anilines is 2. The Balaban J connectivity index is 1.53. The van der Waals surface area contributed by atoms with Gasteiger partial charge in [-0.1, -0.05) is 11.8 Å². The highest BCUT2D eigenvalue weighted by molar-refractivity contribution is 7.99. The largest absolute Gasteiger partial charge is 0.372 e. The lowest BCUT2D eigenvalue weighted by molar-refractivity contribution is -0.113. The number of ether oxygens (including phenoxy) is 1. The molecule has 2 unspecified atom stereocenters. The highest BCUT2D eigenvalue weighted by atomic mass is 32.2. The second-order valence-electron chi connectivity index (χ2n) is 6.54. The van der Waals surface area contributed by atoms with Crippen LogP contribution < -0.4 is 10.2 Å². The van der Waals surface area contributed by atoms with E-state index in [1.54, 1.807) is 6.20 Å². The number of morpholine rings is 1. The molecule has 1 aliphatic rings. The number of aromatic nitrogens is 2. The molecule has 3 rings (SSSR count). The van der Waals surface area contributed by atoms with Crippen molar-refractivity contribution >= 4 is 29.0 Å². The topological polar surface area (TPSA) is 59.4 Å². The standard InChI is InChI=1S/C19H26N4O2S/c1-4-22-10-9-20-19(22)26-13-18(24)21-16-5-7-17(8-6-16)23-11-14(2)25-15(3)12-23/h5-10,14-15H,4,11-13H2,1-3H3,(H,21,24). The predicted octanol–water partition coefficient (Wildman–Crippen LogP) is 3.25. The summed E-state index contributed by atoms with van der Waals surface area (Å²) in [6, 6.07) is 8.01. The van der Waals surface area contributed by atoms with Crippen molar-refractivity contribution in [2.24, 2.45) is 0 Å². The third-order valence-electron chi connectivity index (χ3n) is 4.29. The number of benzene rings is 1. The number of rotatable bonds is 6. The molecule has 2 atom stereocenters. The summed E-state index contributed by atoms with van der Waals surface area (Å²) in [4.78, 5) is 18.8. The van der Waals surface area contributed by atoms with Gasteiger partial charge in [0.05, 0.1) is 18.0 Å². The van der Waals surface area contributed by atoms with Gasteiger partial charge in [0.25, 0.3) is 0 Å². The first-order valence-electron chi connectivity index (χ1n) is 8.99. The van der Waals surface area contributed by atoms with E-state index in [9.17, 15) is 4.79 Å². The fraction of sp³-hybridized carbons (Fsp3) is 0.474. The zero-order valence-corrected chi connectivity index (χ0v) is 16.3. The molecule has 0 radical (unpaired) electrons. The molecule has 1 aliphatic heterocycles. The number of amides is 1. The Kier molecular flexibility index (Phi) is 6.21. The third-order valence-corrected chi connectivity index (χ3v) is 5.29. The minimum absolute atomic E-state index is 0.0259. The number of carbonyl (C=O) groups excluding carboxylic acids is 1. The van der Waals surface area contributed by atoms with Crippen LogP contribution in [0.15, 0.2) is 41.8 Å². The smallest absolute Gasteiger partial charge is 0.234 e. The molecular formula is C19H26N4O2S. The summed E-state index contributed by atoms with van der Waals surface area (Å²) >= 11 is 1.45. The lowest BCUT2D eigenvalue weighted by atomic mass is 10.2. The molecule has 140 valence electrons. The number of nitrogens with zero attached hydrogens (tertiary/aromatic N) is 3. The second kappa shape index (κ2) is 8.60. The first-order chi connectivity index (χ1) is 12.5. The van der Waals surface area contributed by atoms with Gasteiger partial charge in [0.1, 0.15) is 0 Å². The van der Waals surface area contributed by atoms with Gasteiger partial charge in [-0.25, -0.2) is 4.98 Å². The van der Waals surface area contributed by atoms with Crippen LogP contribution in [0.3, 0.4) is 0 Å². The van der Waals surface area contributed by atoms with Crippen LogP contribution in [0.2, 0.25) is 0 Å². The van der Waals surface area contributed by atoms with E-state index in [0.717, 1.165) is 36.2 Å². The summed E-state index contributed by atoms with van der Waals surface area (Å²) in [6.45, 7) is 8.87. The number of aryl methyl sites for hydroxylation is 1. The quantitative estimate of drug-likeness (QED) is 0.787. The van der Waals surface area contributed by atoms with Crippen LogP contribution >= 0.6 is 11.8 Å². The molecule has 6 nitrogen and oxygen atoms in total. The number of hydrogen-bond acceptors (Lipinski definition) is 5. The molecule has 1 aromatic carbocycles. The van der Waals surface area contributed by atoms with Gasteiger partial charge in [-0.15, -0.1) is 0 Å². The Bertz CT molecular complexity index is 721. The Morgan fingerprint density at radius 1 is 1.27 bits per heavy atom.